The van der Waals surface area contributed by atoms with Crippen LogP contribution in [0.2, 0.25) is 0 Å². The van der Waals surface area contributed by atoms with Gasteiger partial charge < -0.3 is 24.6 Å². The third-order valence-electron chi connectivity index (χ3n) is 4.61. The molecule has 3 rings (SSSR count). The molecule has 0 aliphatic carbocycles. The van der Waals surface area contributed by atoms with Crippen molar-refractivity contribution >= 4 is 5.91 Å². The molecule has 1 aliphatic heterocycles. The Hall–Kier alpha value is -2.45. The van der Waals surface area contributed by atoms with Gasteiger partial charge in [-0.1, -0.05) is 11.6 Å². The van der Waals surface area contributed by atoms with Crippen molar-refractivity contribution < 1.29 is 18.8 Å². The maximum Gasteiger partial charge on any atom is 0.252 e. The molecule has 0 radical (unpaired) electrons. The molecule has 2 aromatic heterocycles. The molecule has 27 heavy (non-hydrogen) atoms. The van der Waals surface area contributed by atoms with Crippen LogP contribution in [0.4, 0.5) is 0 Å². The normalized spacial score (nSPS) is 16.9. The highest BCUT2D eigenvalue weighted by molar-refractivity contribution is 5.93. The lowest BCUT2D eigenvalue weighted by molar-refractivity contribution is 0.0936. The summed E-state index contributed by atoms with van der Waals surface area (Å²) in [6, 6.07) is 3.59. The molecular weight excluding hydrogens is 348 g/mol. The second-order valence-electron chi connectivity index (χ2n) is 6.53. The Bertz CT molecular complexity index is 739. The molecule has 0 saturated carbocycles. The number of hydrogen-bond donors (Lipinski definition) is 2. The smallest absolute Gasteiger partial charge is 0.252 e. The van der Waals surface area contributed by atoms with Crippen LogP contribution < -0.4 is 15.4 Å². The van der Waals surface area contributed by atoms with Crippen molar-refractivity contribution in [2.24, 2.45) is 0 Å². The van der Waals surface area contributed by atoms with Crippen LogP contribution in [0.1, 0.15) is 52.7 Å². The van der Waals surface area contributed by atoms with Crippen molar-refractivity contribution in [2.75, 3.05) is 26.8 Å². The SMILES string of the molecule is COCCNC(=O)c1ccc(OCc2c(C3CCCCN3)noc2C)nc1. The van der Waals surface area contributed by atoms with Crippen LogP contribution in [0.3, 0.4) is 0 Å². The topological polar surface area (TPSA) is 98.5 Å². The third-order valence-corrected chi connectivity index (χ3v) is 4.61. The number of methoxy groups -OCH3 is 1. The van der Waals surface area contributed by atoms with Gasteiger partial charge in [0.1, 0.15) is 18.1 Å². The van der Waals surface area contributed by atoms with Gasteiger partial charge in [-0.25, -0.2) is 4.98 Å². The Balaban J connectivity index is 1.59. The molecule has 2 N–H and O–H groups in total. The van der Waals surface area contributed by atoms with Crippen molar-refractivity contribution in [3.05, 3.63) is 40.9 Å². The van der Waals surface area contributed by atoms with E-state index in [-0.39, 0.29) is 11.9 Å². The summed E-state index contributed by atoms with van der Waals surface area (Å²) < 4.78 is 16.1. The molecule has 8 nitrogen and oxygen atoms in total. The van der Waals surface area contributed by atoms with Crippen molar-refractivity contribution in [3.63, 3.8) is 0 Å². The van der Waals surface area contributed by atoms with Crippen LogP contribution in [-0.2, 0) is 11.3 Å². The summed E-state index contributed by atoms with van der Waals surface area (Å²) in [5.74, 6) is 1.02. The van der Waals surface area contributed by atoms with Crippen LogP contribution in [0.25, 0.3) is 0 Å². The molecule has 0 spiro atoms. The van der Waals surface area contributed by atoms with Gasteiger partial charge in [-0.05, 0) is 32.4 Å². The van der Waals surface area contributed by atoms with Crippen molar-refractivity contribution in [1.29, 1.82) is 0 Å². The van der Waals surface area contributed by atoms with Gasteiger partial charge in [-0.3, -0.25) is 4.79 Å². The van der Waals surface area contributed by atoms with Crippen LogP contribution in [0, 0.1) is 6.92 Å². The third kappa shape index (κ3) is 5.05. The highest BCUT2D eigenvalue weighted by Crippen LogP contribution is 2.27. The zero-order valence-corrected chi connectivity index (χ0v) is 15.8. The molecular formula is C19H26N4O4. The van der Waals surface area contributed by atoms with E-state index in [1.807, 2.05) is 6.92 Å². The number of aromatic nitrogens is 2. The Labute approximate surface area is 158 Å². The van der Waals surface area contributed by atoms with E-state index in [9.17, 15) is 4.79 Å². The largest absolute Gasteiger partial charge is 0.473 e. The number of amides is 1. The molecule has 1 amide bonds. The maximum absolute atomic E-state index is 12.0. The number of hydrogen-bond acceptors (Lipinski definition) is 7. The van der Waals surface area contributed by atoms with Crippen LogP contribution in [0.5, 0.6) is 5.88 Å². The lowest BCUT2D eigenvalue weighted by Crippen LogP contribution is -2.28. The molecule has 1 fully saturated rings. The Morgan fingerprint density at radius 1 is 1.41 bits per heavy atom. The number of nitrogens with one attached hydrogen (secondary N) is 2. The molecule has 3 heterocycles. The van der Waals surface area contributed by atoms with Crippen LogP contribution in [0.15, 0.2) is 22.9 Å². The average molecular weight is 374 g/mol. The predicted molar refractivity (Wildman–Crippen MR) is 98.6 cm³/mol. The van der Waals surface area contributed by atoms with E-state index in [1.54, 1.807) is 19.2 Å². The monoisotopic (exact) mass is 374 g/mol. The van der Waals surface area contributed by atoms with E-state index >= 15 is 0 Å². The fourth-order valence-electron chi connectivity index (χ4n) is 3.06. The summed E-state index contributed by atoms with van der Waals surface area (Å²) in [6.45, 7) is 4.13. The number of ether oxygens (including phenoxy) is 2. The molecule has 2 aromatic rings. The zero-order valence-electron chi connectivity index (χ0n) is 15.8. The van der Waals surface area contributed by atoms with Crippen LogP contribution in [-0.4, -0.2) is 42.9 Å². The number of aryl methyl sites for hydroxylation is 1. The first-order valence-electron chi connectivity index (χ1n) is 9.23. The summed E-state index contributed by atoms with van der Waals surface area (Å²) >= 11 is 0. The van der Waals surface area contributed by atoms with E-state index in [1.165, 1.54) is 19.0 Å². The first kappa shape index (κ1) is 19.3. The van der Waals surface area contributed by atoms with Gasteiger partial charge in [0.15, 0.2) is 0 Å². The van der Waals surface area contributed by atoms with Gasteiger partial charge in [-0.15, -0.1) is 0 Å². The predicted octanol–water partition coefficient (Wildman–Crippen LogP) is 2.15. The van der Waals surface area contributed by atoms with Gasteiger partial charge in [0.2, 0.25) is 5.88 Å². The van der Waals surface area contributed by atoms with Gasteiger partial charge in [-0.2, -0.15) is 0 Å². The standard InChI is InChI=1S/C19H26N4O4/c1-13-15(18(23-27-13)16-5-3-4-8-20-16)12-26-17-7-6-14(11-22-17)19(24)21-9-10-25-2/h6-7,11,16,20H,3-5,8-10,12H2,1-2H3,(H,21,24). The number of carbonyl (C=O) groups excluding carboxylic acids is 1. The van der Waals surface area contributed by atoms with Crippen molar-refractivity contribution in [1.82, 2.24) is 20.8 Å². The summed E-state index contributed by atoms with van der Waals surface area (Å²) in [5, 5.41) is 10.5. The number of pyridine rings is 1. The quantitative estimate of drug-likeness (QED) is 0.683. The lowest BCUT2D eigenvalue weighted by atomic mass is 9.99. The average Bonchev–Trinajstić information content (AvgIpc) is 3.08. The van der Waals surface area contributed by atoms with Gasteiger partial charge >= 0.3 is 0 Å². The molecule has 146 valence electrons. The molecule has 1 aliphatic rings. The summed E-state index contributed by atoms with van der Waals surface area (Å²) in [7, 11) is 1.59. The highest BCUT2D eigenvalue weighted by atomic mass is 16.5. The number of nitrogens with zero attached hydrogens (tertiary/aromatic N) is 2. The van der Waals surface area contributed by atoms with Crippen LogP contribution >= 0.6 is 0 Å². The first-order chi connectivity index (χ1) is 13.2. The molecule has 1 unspecified atom stereocenters. The number of piperidine rings is 1. The summed E-state index contributed by atoms with van der Waals surface area (Å²) in [4.78, 5) is 16.2. The molecule has 1 saturated heterocycles. The Morgan fingerprint density at radius 2 is 2.30 bits per heavy atom. The minimum absolute atomic E-state index is 0.188. The second kappa shape index (κ2) is 9.48. The first-order valence-corrected chi connectivity index (χ1v) is 9.23. The highest BCUT2D eigenvalue weighted by Gasteiger charge is 2.24. The molecule has 8 heteroatoms. The summed E-state index contributed by atoms with van der Waals surface area (Å²) in [5.41, 5.74) is 2.35. The maximum atomic E-state index is 12.0. The van der Waals surface area contributed by atoms with Gasteiger partial charge in [0.25, 0.3) is 5.91 Å². The van der Waals surface area contributed by atoms with Gasteiger partial charge in [0, 0.05) is 25.9 Å². The Kier molecular flexibility index (Phi) is 6.78. The van der Waals surface area contributed by atoms with Crippen molar-refractivity contribution in [2.45, 2.75) is 38.8 Å². The zero-order chi connectivity index (χ0) is 19.1. The van der Waals surface area contributed by atoms with Gasteiger partial charge in [0.05, 0.1) is 23.8 Å². The number of rotatable bonds is 8. The summed E-state index contributed by atoms with van der Waals surface area (Å²) in [6.07, 6.45) is 4.92. The van der Waals surface area contributed by atoms with E-state index in [0.717, 1.165) is 30.0 Å². The fraction of sp³-hybridized carbons (Fsp3) is 0.526. The van der Waals surface area contributed by atoms with E-state index in [4.69, 9.17) is 14.0 Å². The minimum Gasteiger partial charge on any atom is -0.473 e. The molecule has 0 bridgehead atoms. The molecule has 1 atom stereocenters. The Morgan fingerprint density at radius 3 is 3.00 bits per heavy atom. The number of carbonyl (C=O) groups is 1. The van der Waals surface area contributed by atoms with E-state index in [0.29, 0.717) is 31.2 Å². The van der Waals surface area contributed by atoms with E-state index < -0.39 is 0 Å². The fourth-order valence-corrected chi connectivity index (χ4v) is 3.06. The second-order valence-corrected chi connectivity index (χ2v) is 6.53. The minimum atomic E-state index is -0.188. The lowest BCUT2D eigenvalue weighted by Gasteiger charge is -2.22. The van der Waals surface area contributed by atoms with Crippen molar-refractivity contribution in [3.8, 4) is 5.88 Å². The molecule has 0 aromatic carbocycles. The van der Waals surface area contributed by atoms with E-state index in [2.05, 4.69) is 20.8 Å².